The van der Waals surface area contributed by atoms with Crippen LogP contribution in [0.5, 0.6) is 0 Å². The van der Waals surface area contributed by atoms with Gasteiger partial charge in [-0.2, -0.15) is 0 Å². The van der Waals surface area contributed by atoms with Gasteiger partial charge in [0.05, 0.1) is 10.1 Å². The minimum Gasteiger partial charge on any atom is -0.325 e. The molecule has 2 aromatic heterocycles. The predicted molar refractivity (Wildman–Crippen MR) is 125 cm³/mol. The van der Waals surface area contributed by atoms with Gasteiger partial charge in [0.1, 0.15) is 0 Å². The summed E-state index contributed by atoms with van der Waals surface area (Å²) in [5.41, 5.74) is 1.42. The molecule has 0 radical (unpaired) electrons. The lowest BCUT2D eigenvalue weighted by Gasteiger charge is -2.13. The van der Waals surface area contributed by atoms with Crippen LogP contribution >= 0.6 is 11.8 Å². The topological polar surface area (TPSA) is 119 Å². The van der Waals surface area contributed by atoms with Crippen LogP contribution in [0.15, 0.2) is 58.8 Å². The van der Waals surface area contributed by atoms with Crippen molar-refractivity contribution in [3.8, 4) is 11.4 Å². The lowest BCUT2D eigenvalue weighted by atomic mass is 10.2. The highest BCUT2D eigenvalue weighted by Crippen LogP contribution is 2.27. The molecule has 0 saturated carbocycles. The number of rotatable bonds is 9. The van der Waals surface area contributed by atoms with Crippen molar-refractivity contribution < 1.29 is 13.2 Å². The Bertz CT molecular complexity index is 1160. The number of pyridine rings is 1. The maximum absolute atomic E-state index is 12.7. The molecule has 0 spiro atoms. The van der Waals surface area contributed by atoms with Gasteiger partial charge in [-0.3, -0.25) is 9.78 Å². The average molecular weight is 475 g/mol. The fourth-order valence-electron chi connectivity index (χ4n) is 2.93. The number of sulfonamides is 1. The van der Waals surface area contributed by atoms with E-state index >= 15 is 0 Å². The number of anilines is 1. The molecular weight excluding hydrogens is 448 g/mol. The van der Waals surface area contributed by atoms with Crippen LogP contribution < -0.4 is 10.0 Å². The van der Waals surface area contributed by atoms with E-state index in [1.807, 2.05) is 23.6 Å². The number of thioether (sulfide) groups is 1. The van der Waals surface area contributed by atoms with Gasteiger partial charge < -0.3 is 9.88 Å². The van der Waals surface area contributed by atoms with Crippen molar-refractivity contribution in [3.05, 3.63) is 48.8 Å². The second-order valence-corrected chi connectivity index (χ2v) is 10.4. The second-order valence-electron chi connectivity index (χ2n) is 7.34. The third-order valence-corrected chi connectivity index (χ3v) is 7.20. The summed E-state index contributed by atoms with van der Waals surface area (Å²) < 4.78 is 28.9. The number of carbonyl (C=O) groups excluding carboxylic acids is 1. The van der Waals surface area contributed by atoms with E-state index in [2.05, 4.69) is 25.2 Å². The summed E-state index contributed by atoms with van der Waals surface area (Å²) >= 11 is 1.31. The highest BCUT2D eigenvalue weighted by Gasteiger charge is 2.21. The number of carbonyl (C=O) groups is 1. The zero-order valence-electron chi connectivity index (χ0n) is 18.3. The molecule has 0 aliphatic heterocycles. The Morgan fingerprint density at radius 3 is 2.31 bits per heavy atom. The summed E-state index contributed by atoms with van der Waals surface area (Å²) in [5.74, 6) is 0.499. The van der Waals surface area contributed by atoms with E-state index in [4.69, 9.17) is 0 Å². The first-order valence-corrected chi connectivity index (χ1v) is 12.5. The molecule has 9 nitrogen and oxygen atoms in total. The van der Waals surface area contributed by atoms with E-state index in [-0.39, 0.29) is 16.8 Å². The van der Waals surface area contributed by atoms with Gasteiger partial charge in [-0.1, -0.05) is 11.8 Å². The normalized spacial score (nSPS) is 12.7. The number of hydrogen-bond acceptors (Lipinski definition) is 7. The molecule has 1 aromatic carbocycles. The largest absolute Gasteiger partial charge is 0.325 e. The number of nitrogens with one attached hydrogen (secondary N) is 2. The molecular formula is C21H26N6O3S2. The monoisotopic (exact) mass is 474 g/mol. The summed E-state index contributed by atoms with van der Waals surface area (Å²) in [7, 11) is -3.58. The van der Waals surface area contributed by atoms with Crippen molar-refractivity contribution in [1.29, 1.82) is 0 Å². The number of benzene rings is 1. The minimum atomic E-state index is -3.58. The van der Waals surface area contributed by atoms with Gasteiger partial charge in [0.2, 0.25) is 15.9 Å². The van der Waals surface area contributed by atoms with Crippen molar-refractivity contribution in [2.75, 3.05) is 5.32 Å². The van der Waals surface area contributed by atoms with Crippen molar-refractivity contribution >= 4 is 33.4 Å². The summed E-state index contributed by atoms with van der Waals surface area (Å²) in [6, 6.07) is 9.59. The molecule has 0 aliphatic rings. The van der Waals surface area contributed by atoms with Crippen molar-refractivity contribution in [2.24, 2.45) is 0 Å². The van der Waals surface area contributed by atoms with Crippen LogP contribution in [-0.4, -0.2) is 45.4 Å². The Labute approximate surface area is 192 Å². The van der Waals surface area contributed by atoms with Crippen LogP contribution in [0.1, 0.15) is 27.7 Å². The minimum absolute atomic E-state index is 0.145. The average Bonchev–Trinajstić information content (AvgIpc) is 3.16. The second kappa shape index (κ2) is 10.2. The maximum Gasteiger partial charge on any atom is 0.240 e. The van der Waals surface area contributed by atoms with Crippen LogP contribution in [-0.2, 0) is 21.4 Å². The van der Waals surface area contributed by atoms with Crippen LogP contribution in [0.4, 0.5) is 5.69 Å². The molecule has 11 heteroatoms. The first-order chi connectivity index (χ1) is 15.2. The highest BCUT2D eigenvalue weighted by atomic mass is 32.2. The molecule has 0 bridgehead atoms. The van der Waals surface area contributed by atoms with Crippen molar-refractivity contribution in [2.45, 2.75) is 55.6 Å². The van der Waals surface area contributed by atoms with Gasteiger partial charge in [-0.15, -0.1) is 10.2 Å². The first-order valence-electron chi connectivity index (χ1n) is 10.1. The van der Waals surface area contributed by atoms with Crippen LogP contribution in [0.2, 0.25) is 0 Å². The maximum atomic E-state index is 12.7. The number of nitrogens with zero attached hydrogens (tertiary/aromatic N) is 4. The number of amides is 1. The van der Waals surface area contributed by atoms with Gasteiger partial charge in [0.15, 0.2) is 11.0 Å². The Morgan fingerprint density at radius 1 is 1.06 bits per heavy atom. The van der Waals surface area contributed by atoms with Gasteiger partial charge >= 0.3 is 0 Å². The molecule has 0 aliphatic carbocycles. The Morgan fingerprint density at radius 2 is 1.72 bits per heavy atom. The summed E-state index contributed by atoms with van der Waals surface area (Å²) in [6.07, 6.45) is 3.39. The third-order valence-electron chi connectivity index (χ3n) is 4.45. The molecule has 32 heavy (non-hydrogen) atoms. The van der Waals surface area contributed by atoms with Crippen LogP contribution in [0.3, 0.4) is 0 Å². The van der Waals surface area contributed by atoms with Crippen LogP contribution in [0.25, 0.3) is 11.4 Å². The highest BCUT2D eigenvalue weighted by molar-refractivity contribution is 8.00. The fourth-order valence-corrected chi connectivity index (χ4v) is 5.09. The standard InChI is InChI=1S/C21H26N6O3S2/c1-5-27-19(16-10-12-22-13-11-16)24-25-21(27)31-15(4)20(28)23-17-6-8-18(9-7-17)32(29,30)26-14(2)3/h6-15,26H,5H2,1-4H3,(H,23,28). The molecule has 2 heterocycles. The molecule has 3 aromatic rings. The van der Waals surface area contributed by atoms with Gasteiger partial charge in [0.25, 0.3) is 0 Å². The quantitative estimate of drug-likeness (QED) is 0.457. The van der Waals surface area contributed by atoms with Gasteiger partial charge in [-0.25, -0.2) is 13.1 Å². The van der Waals surface area contributed by atoms with Crippen molar-refractivity contribution in [1.82, 2.24) is 24.5 Å². The molecule has 1 amide bonds. The van der Waals surface area contributed by atoms with E-state index in [1.54, 1.807) is 45.3 Å². The van der Waals surface area contributed by atoms with Crippen LogP contribution in [0, 0.1) is 0 Å². The first kappa shape index (κ1) is 23.9. The van der Waals surface area contributed by atoms with E-state index in [1.165, 1.54) is 23.9 Å². The van der Waals surface area contributed by atoms with E-state index < -0.39 is 15.3 Å². The SMILES string of the molecule is CCn1c(SC(C)C(=O)Nc2ccc(S(=O)(=O)NC(C)C)cc2)nnc1-c1ccncc1. The zero-order chi connectivity index (χ0) is 23.3. The predicted octanol–water partition coefficient (Wildman–Crippen LogP) is 3.17. The number of hydrogen-bond donors (Lipinski definition) is 2. The Balaban J connectivity index is 1.68. The van der Waals surface area contributed by atoms with E-state index in [0.717, 1.165) is 11.4 Å². The molecule has 1 unspecified atom stereocenters. The smallest absolute Gasteiger partial charge is 0.240 e. The third kappa shape index (κ3) is 5.72. The Kier molecular flexibility index (Phi) is 7.64. The molecule has 170 valence electrons. The molecule has 1 atom stereocenters. The van der Waals surface area contributed by atoms with E-state index in [0.29, 0.717) is 17.4 Å². The molecule has 2 N–H and O–H groups in total. The summed E-state index contributed by atoms with van der Waals surface area (Å²) in [6.45, 7) is 7.94. The fraction of sp³-hybridized carbons (Fsp3) is 0.333. The lowest BCUT2D eigenvalue weighted by molar-refractivity contribution is -0.115. The molecule has 0 saturated heterocycles. The van der Waals surface area contributed by atoms with Crippen molar-refractivity contribution in [3.63, 3.8) is 0 Å². The lowest BCUT2D eigenvalue weighted by Crippen LogP contribution is -2.30. The summed E-state index contributed by atoms with van der Waals surface area (Å²) in [5, 5.41) is 11.5. The molecule has 0 fully saturated rings. The summed E-state index contributed by atoms with van der Waals surface area (Å²) in [4.78, 5) is 16.9. The number of aromatic nitrogens is 4. The molecule has 3 rings (SSSR count). The van der Waals surface area contributed by atoms with Gasteiger partial charge in [0, 0.05) is 36.2 Å². The van der Waals surface area contributed by atoms with Gasteiger partial charge in [-0.05, 0) is 64.1 Å². The Hall–Kier alpha value is -2.76. The zero-order valence-corrected chi connectivity index (χ0v) is 19.9. The van der Waals surface area contributed by atoms with E-state index in [9.17, 15) is 13.2 Å².